The predicted molar refractivity (Wildman–Crippen MR) is 74.2 cm³/mol. The van der Waals surface area contributed by atoms with E-state index in [-0.39, 0.29) is 16.2 Å². The van der Waals surface area contributed by atoms with Crippen molar-refractivity contribution in [2.75, 3.05) is 11.1 Å². The molecule has 2 N–H and O–H groups in total. The monoisotopic (exact) mass is 303 g/mol. The molecule has 0 fully saturated rings. The Kier molecular flexibility index (Phi) is 5.10. The molecule has 110 valence electrons. The van der Waals surface area contributed by atoms with Crippen molar-refractivity contribution in [1.29, 1.82) is 0 Å². The van der Waals surface area contributed by atoms with Gasteiger partial charge < -0.3 is 10.4 Å². The van der Waals surface area contributed by atoms with Crippen LogP contribution < -0.4 is 5.32 Å². The van der Waals surface area contributed by atoms with Crippen LogP contribution in [0.1, 0.15) is 31.1 Å². The molecule has 0 aliphatic carbocycles. The SMILES string of the molecule is CC(C)(C)SCC(=O)Nc1cc(C(=O)O)c(F)cc1F. The summed E-state index contributed by atoms with van der Waals surface area (Å²) in [5, 5.41) is 11.0. The lowest BCUT2D eigenvalue weighted by Gasteiger charge is -2.17. The Labute approximate surface area is 119 Å². The van der Waals surface area contributed by atoms with Crippen LogP contribution in [0.3, 0.4) is 0 Å². The summed E-state index contributed by atoms with van der Waals surface area (Å²) in [6.07, 6.45) is 0. The molecule has 1 rings (SSSR count). The lowest BCUT2D eigenvalue weighted by Crippen LogP contribution is -2.20. The molecular weight excluding hydrogens is 288 g/mol. The highest BCUT2D eigenvalue weighted by Gasteiger charge is 2.18. The third-order valence-electron chi connectivity index (χ3n) is 2.20. The average Bonchev–Trinajstić information content (AvgIpc) is 2.28. The summed E-state index contributed by atoms with van der Waals surface area (Å²) in [5.41, 5.74) is -1.03. The summed E-state index contributed by atoms with van der Waals surface area (Å²) in [6.45, 7) is 5.77. The zero-order valence-electron chi connectivity index (χ0n) is 11.3. The quantitative estimate of drug-likeness (QED) is 0.897. The minimum atomic E-state index is -1.53. The van der Waals surface area contributed by atoms with Gasteiger partial charge in [-0.15, -0.1) is 11.8 Å². The normalized spacial score (nSPS) is 11.2. The van der Waals surface area contributed by atoms with Gasteiger partial charge in [0.15, 0.2) is 0 Å². The Morgan fingerprint density at radius 3 is 2.35 bits per heavy atom. The summed E-state index contributed by atoms with van der Waals surface area (Å²) in [6, 6.07) is 1.21. The predicted octanol–water partition coefficient (Wildman–Crippen LogP) is 3.13. The van der Waals surface area contributed by atoms with Crippen LogP contribution in [-0.4, -0.2) is 27.5 Å². The molecule has 7 heteroatoms. The van der Waals surface area contributed by atoms with E-state index in [0.717, 1.165) is 6.07 Å². The number of benzene rings is 1. The van der Waals surface area contributed by atoms with E-state index in [1.807, 2.05) is 20.8 Å². The highest BCUT2D eigenvalue weighted by atomic mass is 32.2. The number of hydrogen-bond donors (Lipinski definition) is 2. The summed E-state index contributed by atoms with van der Waals surface area (Å²) in [5.74, 6) is -4.12. The summed E-state index contributed by atoms with van der Waals surface area (Å²) >= 11 is 1.36. The Hall–Kier alpha value is -1.63. The second kappa shape index (κ2) is 6.21. The van der Waals surface area contributed by atoms with Gasteiger partial charge in [0, 0.05) is 10.8 Å². The fourth-order valence-electron chi connectivity index (χ4n) is 1.28. The van der Waals surface area contributed by atoms with Gasteiger partial charge in [0.1, 0.15) is 11.6 Å². The molecule has 0 aliphatic heterocycles. The Bertz CT molecular complexity index is 541. The number of carbonyl (C=O) groups excluding carboxylic acids is 1. The molecule has 0 bridgehead atoms. The summed E-state index contributed by atoms with van der Waals surface area (Å²) < 4.78 is 26.5. The van der Waals surface area contributed by atoms with Crippen molar-refractivity contribution in [3.63, 3.8) is 0 Å². The molecule has 1 aromatic carbocycles. The molecular formula is C13H15F2NO3S. The first kappa shape index (κ1) is 16.4. The van der Waals surface area contributed by atoms with E-state index in [0.29, 0.717) is 6.07 Å². The molecule has 4 nitrogen and oxygen atoms in total. The number of anilines is 1. The molecule has 0 radical (unpaired) electrons. The third kappa shape index (κ3) is 4.80. The van der Waals surface area contributed by atoms with E-state index >= 15 is 0 Å². The largest absolute Gasteiger partial charge is 0.478 e. The Balaban J connectivity index is 2.85. The number of carboxylic acid groups (broad SMARTS) is 1. The number of amides is 1. The fourth-order valence-corrected chi connectivity index (χ4v) is 1.91. The lowest BCUT2D eigenvalue weighted by atomic mass is 10.2. The smallest absolute Gasteiger partial charge is 0.338 e. The summed E-state index contributed by atoms with van der Waals surface area (Å²) in [4.78, 5) is 22.4. The first-order valence-electron chi connectivity index (χ1n) is 5.76. The van der Waals surface area contributed by atoms with Gasteiger partial charge in [0.25, 0.3) is 0 Å². The van der Waals surface area contributed by atoms with Crippen LogP contribution in [0.4, 0.5) is 14.5 Å². The standard InChI is InChI=1S/C13H15F2NO3S/c1-13(2,3)20-6-11(17)16-10-4-7(12(18)19)8(14)5-9(10)15/h4-5H,6H2,1-3H3,(H,16,17)(H,18,19). The Morgan fingerprint density at radius 2 is 1.85 bits per heavy atom. The fraction of sp³-hybridized carbons (Fsp3) is 0.385. The maximum Gasteiger partial charge on any atom is 0.338 e. The van der Waals surface area contributed by atoms with E-state index in [2.05, 4.69) is 5.32 Å². The lowest BCUT2D eigenvalue weighted by molar-refractivity contribution is -0.113. The van der Waals surface area contributed by atoms with Gasteiger partial charge in [-0.1, -0.05) is 20.8 Å². The number of thioether (sulfide) groups is 1. The van der Waals surface area contributed by atoms with Crippen molar-refractivity contribution in [3.8, 4) is 0 Å². The second-order valence-corrected chi connectivity index (χ2v) is 6.87. The van der Waals surface area contributed by atoms with E-state index in [9.17, 15) is 18.4 Å². The zero-order valence-corrected chi connectivity index (χ0v) is 12.1. The number of rotatable bonds is 4. The number of carbonyl (C=O) groups is 2. The van der Waals surface area contributed by atoms with Gasteiger partial charge in [-0.3, -0.25) is 4.79 Å². The average molecular weight is 303 g/mol. The van der Waals surface area contributed by atoms with Crippen LogP contribution in [0.15, 0.2) is 12.1 Å². The second-order valence-electron chi connectivity index (χ2n) is 5.07. The van der Waals surface area contributed by atoms with Crippen molar-refractivity contribution in [3.05, 3.63) is 29.3 Å². The van der Waals surface area contributed by atoms with E-state index in [1.165, 1.54) is 11.8 Å². The van der Waals surface area contributed by atoms with Crippen molar-refractivity contribution in [2.24, 2.45) is 0 Å². The third-order valence-corrected chi connectivity index (χ3v) is 3.47. The molecule has 0 spiro atoms. The highest BCUT2D eigenvalue weighted by molar-refractivity contribution is 8.01. The topological polar surface area (TPSA) is 66.4 Å². The molecule has 20 heavy (non-hydrogen) atoms. The van der Waals surface area contributed by atoms with Crippen LogP contribution >= 0.6 is 11.8 Å². The Morgan fingerprint density at radius 1 is 1.25 bits per heavy atom. The molecule has 0 saturated heterocycles. The van der Waals surface area contributed by atoms with Crippen LogP contribution in [0.2, 0.25) is 0 Å². The zero-order chi connectivity index (χ0) is 15.5. The number of nitrogens with one attached hydrogen (secondary N) is 1. The van der Waals surface area contributed by atoms with Crippen LogP contribution in [0, 0.1) is 11.6 Å². The number of hydrogen-bond acceptors (Lipinski definition) is 3. The number of carboxylic acids is 1. The van der Waals surface area contributed by atoms with Gasteiger partial charge in [0.2, 0.25) is 5.91 Å². The molecule has 0 unspecified atom stereocenters. The van der Waals surface area contributed by atoms with E-state index in [1.54, 1.807) is 0 Å². The van der Waals surface area contributed by atoms with Crippen LogP contribution in [0.5, 0.6) is 0 Å². The van der Waals surface area contributed by atoms with Crippen LogP contribution in [-0.2, 0) is 4.79 Å². The minimum absolute atomic E-state index is 0.0860. The molecule has 1 aromatic rings. The molecule has 1 amide bonds. The number of halogens is 2. The van der Waals surface area contributed by atoms with Gasteiger partial charge in [-0.2, -0.15) is 0 Å². The van der Waals surface area contributed by atoms with Crippen molar-refractivity contribution >= 4 is 29.3 Å². The molecule has 0 aliphatic rings. The molecule has 0 aromatic heterocycles. The van der Waals surface area contributed by atoms with Crippen molar-refractivity contribution < 1.29 is 23.5 Å². The maximum atomic E-state index is 13.5. The van der Waals surface area contributed by atoms with Crippen LogP contribution in [0.25, 0.3) is 0 Å². The van der Waals surface area contributed by atoms with Gasteiger partial charge in [-0.05, 0) is 6.07 Å². The maximum absolute atomic E-state index is 13.5. The summed E-state index contributed by atoms with van der Waals surface area (Å²) in [7, 11) is 0. The minimum Gasteiger partial charge on any atom is -0.478 e. The van der Waals surface area contributed by atoms with Crippen molar-refractivity contribution in [2.45, 2.75) is 25.5 Å². The molecule has 0 saturated carbocycles. The van der Waals surface area contributed by atoms with Crippen molar-refractivity contribution in [1.82, 2.24) is 0 Å². The first-order valence-corrected chi connectivity index (χ1v) is 6.75. The highest BCUT2D eigenvalue weighted by Crippen LogP contribution is 2.24. The van der Waals surface area contributed by atoms with E-state index in [4.69, 9.17) is 5.11 Å². The van der Waals surface area contributed by atoms with E-state index < -0.39 is 29.1 Å². The van der Waals surface area contributed by atoms with Gasteiger partial charge in [-0.25, -0.2) is 13.6 Å². The van der Waals surface area contributed by atoms with Gasteiger partial charge >= 0.3 is 5.97 Å². The first-order chi connectivity index (χ1) is 9.10. The van der Waals surface area contributed by atoms with Gasteiger partial charge in [0.05, 0.1) is 17.0 Å². The molecule has 0 heterocycles. The molecule has 0 atom stereocenters. The number of aromatic carboxylic acids is 1.